The lowest BCUT2D eigenvalue weighted by Gasteiger charge is -2.41. The third kappa shape index (κ3) is 1.82. The summed E-state index contributed by atoms with van der Waals surface area (Å²) < 4.78 is 0. The number of hydrogen-bond donors (Lipinski definition) is 0. The molecule has 1 atom stereocenters. The summed E-state index contributed by atoms with van der Waals surface area (Å²) in [5.41, 5.74) is 4.00. The van der Waals surface area contributed by atoms with Gasteiger partial charge in [0.2, 0.25) is 0 Å². The number of rotatable bonds is 1. The van der Waals surface area contributed by atoms with Crippen LogP contribution in [0.15, 0.2) is 59.6 Å². The zero-order valence-corrected chi connectivity index (χ0v) is 12.4. The summed E-state index contributed by atoms with van der Waals surface area (Å²) in [6.07, 6.45) is 2.32. The van der Waals surface area contributed by atoms with Crippen LogP contribution in [0.1, 0.15) is 36.5 Å². The summed E-state index contributed by atoms with van der Waals surface area (Å²) in [6.45, 7) is 4.26. The van der Waals surface area contributed by atoms with Gasteiger partial charge in [0.05, 0.1) is 12.1 Å². The Balaban J connectivity index is 1.98. The van der Waals surface area contributed by atoms with Gasteiger partial charge in [-0.15, -0.1) is 0 Å². The van der Waals surface area contributed by atoms with Crippen molar-refractivity contribution in [3.05, 3.63) is 71.3 Å². The van der Waals surface area contributed by atoms with Crippen molar-refractivity contribution in [1.29, 1.82) is 0 Å². The second-order valence-corrected chi connectivity index (χ2v) is 6.08. The van der Waals surface area contributed by atoms with Crippen molar-refractivity contribution in [2.75, 3.05) is 6.54 Å². The zero-order chi connectivity index (χ0) is 14.3. The maximum Gasteiger partial charge on any atom is 0.100 e. The number of aliphatic imine (C=N–C) groups is 1. The van der Waals surface area contributed by atoms with Gasteiger partial charge in [-0.2, -0.15) is 0 Å². The molecule has 0 saturated carbocycles. The Morgan fingerprint density at radius 2 is 1.76 bits per heavy atom. The summed E-state index contributed by atoms with van der Waals surface area (Å²) in [4.78, 5) is 7.41. The Morgan fingerprint density at radius 3 is 2.62 bits per heavy atom. The van der Waals surface area contributed by atoms with Crippen LogP contribution in [0.4, 0.5) is 0 Å². The van der Waals surface area contributed by atoms with Gasteiger partial charge in [-0.1, -0.05) is 54.6 Å². The van der Waals surface area contributed by atoms with Crippen LogP contribution in [-0.2, 0) is 12.1 Å². The van der Waals surface area contributed by atoms with E-state index >= 15 is 0 Å². The van der Waals surface area contributed by atoms with E-state index in [-0.39, 0.29) is 5.54 Å². The highest BCUT2D eigenvalue weighted by Gasteiger charge is 2.41. The van der Waals surface area contributed by atoms with E-state index in [1.807, 2.05) is 0 Å². The van der Waals surface area contributed by atoms with Crippen molar-refractivity contribution >= 4 is 5.84 Å². The quantitative estimate of drug-likeness (QED) is 0.770. The van der Waals surface area contributed by atoms with Crippen molar-refractivity contribution in [3.8, 4) is 0 Å². The molecule has 0 spiro atoms. The van der Waals surface area contributed by atoms with E-state index in [1.165, 1.54) is 28.9 Å². The summed E-state index contributed by atoms with van der Waals surface area (Å²) in [7, 11) is 0. The van der Waals surface area contributed by atoms with E-state index in [0.717, 1.165) is 19.5 Å². The molecule has 2 nitrogen and oxygen atoms in total. The van der Waals surface area contributed by atoms with E-state index in [2.05, 4.69) is 66.4 Å². The van der Waals surface area contributed by atoms with Crippen LogP contribution in [0.25, 0.3) is 0 Å². The lowest BCUT2D eigenvalue weighted by molar-refractivity contribution is 0.262. The first-order valence-electron chi connectivity index (χ1n) is 7.75. The topological polar surface area (TPSA) is 15.6 Å². The minimum atomic E-state index is -0.107. The molecular weight excluding hydrogens is 256 g/mol. The molecule has 0 amide bonds. The molecule has 2 aromatic rings. The predicted molar refractivity (Wildman–Crippen MR) is 86.4 cm³/mol. The minimum Gasteiger partial charge on any atom is -0.347 e. The maximum absolute atomic E-state index is 4.89. The first kappa shape index (κ1) is 12.6. The SMILES string of the molecule is CC1(c2ccccc2)c2ccccc2CN=C2CCCN21. The standard InChI is InChI=1S/C19H20N2/c1-19(16-9-3-2-4-10-16)17-11-6-5-8-15(17)14-20-18-12-7-13-21(18)19/h2-6,8-11H,7,12-14H2,1H3. The fourth-order valence-corrected chi connectivity index (χ4v) is 3.83. The molecule has 2 aromatic carbocycles. The van der Waals surface area contributed by atoms with Gasteiger partial charge in [-0.3, -0.25) is 4.99 Å². The Morgan fingerprint density at radius 1 is 1.00 bits per heavy atom. The molecule has 0 radical (unpaired) electrons. The van der Waals surface area contributed by atoms with Crippen LogP contribution in [0.5, 0.6) is 0 Å². The number of fused-ring (bicyclic) bond motifs is 2. The van der Waals surface area contributed by atoms with Crippen molar-refractivity contribution in [3.63, 3.8) is 0 Å². The second kappa shape index (κ2) is 4.73. The maximum atomic E-state index is 4.89. The highest BCUT2D eigenvalue weighted by molar-refractivity contribution is 5.86. The molecule has 1 unspecified atom stereocenters. The van der Waals surface area contributed by atoms with Crippen LogP contribution in [0.2, 0.25) is 0 Å². The zero-order valence-electron chi connectivity index (χ0n) is 12.4. The molecule has 21 heavy (non-hydrogen) atoms. The Bertz CT molecular complexity index is 690. The average Bonchev–Trinajstić information content (AvgIpc) is 2.98. The molecule has 106 valence electrons. The minimum absolute atomic E-state index is 0.107. The first-order chi connectivity index (χ1) is 10.3. The van der Waals surface area contributed by atoms with Gasteiger partial charge < -0.3 is 4.90 Å². The largest absolute Gasteiger partial charge is 0.347 e. The highest BCUT2D eigenvalue weighted by atomic mass is 15.3. The number of hydrogen-bond acceptors (Lipinski definition) is 2. The van der Waals surface area contributed by atoms with E-state index in [1.54, 1.807) is 0 Å². The molecule has 0 aliphatic carbocycles. The van der Waals surface area contributed by atoms with Gasteiger partial charge in [0, 0.05) is 13.0 Å². The molecule has 0 N–H and O–H groups in total. The van der Waals surface area contributed by atoms with Gasteiger partial charge in [-0.25, -0.2) is 0 Å². The highest BCUT2D eigenvalue weighted by Crippen LogP contribution is 2.42. The van der Waals surface area contributed by atoms with E-state index in [0.29, 0.717) is 0 Å². The third-order valence-corrected chi connectivity index (χ3v) is 4.94. The summed E-state index contributed by atoms with van der Waals surface area (Å²) >= 11 is 0. The molecule has 1 fully saturated rings. The van der Waals surface area contributed by atoms with Gasteiger partial charge >= 0.3 is 0 Å². The van der Waals surface area contributed by atoms with Crippen LogP contribution in [0.3, 0.4) is 0 Å². The molecular formula is C19H20N2. The van der Waals surface area contributed by atoms with Crippen molar-refractivity contribution in [1.82, 2.24) is 4.90 Å². The number of nitrogens with zero attached hydrogens (tertiary/aromatic N) is 2. The van der Waals surface area contributed by atoms with Crippen LogP contribution in [-0.4, -0.2) is 17.3 Å². The van der Waals surface area contributed by atoms with Crippen LogP contribution in [0, 0.1) is 0 Å². The van der Waals surface area contributed by atoms with Gasteiger partial charge in [-0.05, 0) is 30.0 Å². The van der Waals surface area contributed by atoms with Crippen LogP contribution >= 0.6 is 0 Å². The normalized spacial score (nSPS) is 24.0. The van der Waals surface area contributed by atoms with E-state index in [4.69, 9.17) is 4.99 Å². The third-order valence-electron chi connectivity index (χ3n) is 4.94. The lowest BCUT2D eigenvalue weighted by Crippen LogP contribution is -2.45. The van der Waals surface area contributed by atoms with Gasteiger partial charge in [0.15, 0.2) is 0 Å². The molecule has 2 aliphatic heterocycles. The average molecular weight is 276 g/mol. The molecule has 2 aliphatic rings. The van der Waals surface area contributed by atoms with E-state index < -0.39 is 0 Å². The molecule has 0 bridgehead atoms. The summed E-state index contributed by atoms with van der Waals surface area (Å²) in [5.74, 6) is 1.28. The van der Waals surface area contributed by atoms with Gasteiger partial charge in [0.25, 0.3) is 0 Å². The fraction of sp³-hybridized carbons (Fsp3) is 0.316. The Kier molecular flexibility index (Phi) is 2.85. The molecule has 1 saturated heterocycles. The number of benzene rings is 2. The second-order valence-electron chi connectivity index (χ2n) is 6.08. The molecule has 0 aromatic heterocycles. The fourth-order valence-electron chi connectivity index (χ4n) is 3.83. The monoisotopic (exact) mass is 276 g/mol. The molecule has 4 rings (SSSR count). The summed E-state index contributed by atoms with van der Waals surface area (Å²) in [6, 6.07) is 19.6. The first-order valence-corrected chi connectivity index (χ1v) is 7.75. The van der Waals surface area contributed by atoms with Crippen molar-refractivity contribution < 1.29 is 0 Å². The lowest BCUT2D eigenvalue weighted by atomic mass is 9.81. The van der Waals surface area contributed by atoms with Crippen LogP contribution < -0.4 is 0 Å². The molecule has 2 heterocycles. The van der Waals surface area contributed by atoms with Crippen molar-refractivity contribution in [2.45, 2.75) is 31.8 Å². The Hall–Kier alpha value is -2.09. The van der Waals surface area contributed by atoms with Gasteiger partial charge in [0.1, 0.15) is 5.84 Å². The molecule has 2 heteroatoms. The number of amidine groups is 1. The summed E-state index contributed by atoms with van der Waals surface area (Å²) in [5, 5.41) is 0. The van der Waals surface area contributed by atoms with E-state index in [9.17, 15) is 0 Å². The Labute approximate surface area is 126 Å². The predicted octanol–water partition coefficient (Wildman–Crippen LogP) is 3.96. The smallest absolute Gasteiger partial charge is 0.100 e. The van der Waals surface area contributed by atoms with Crippen molar-refractivity contribution in [2.24, 2.45) is 4.99 Å².